The Hall–Kier alpha value is -2.66. The van der Waals surface area contributed by atoms with Crippen LogP contribution in [0.2, 0.25) is 5.02 Å². The van der Waals surface area contributed by atoms with E-state index < -0.39 is 0 Å². The van der Waals surface area contributed by atoms with E-state index in [9.17, 15) is 4.79 Å². The molecular weight excluding hydrogens is 372 g/mol. The fourth-order valence-electron chi connectivity index (χ4n) is 3.62. The zero-order chi connectivity index (χ0) is 20.1. The van der Waals surface area contributed by atoms with Crippen molar-refractivity contribution in [3.05, 3.63) is 64.6 Å². The molecule has 0 bridgehead atoms. The Bertz CT molecular complexity index is 1050. The van der Waals surface area contributed by atoms with Crippen LogP contribution >= 0.6 is 11.6 Å². The molecule has 0 saturated heterocycles. The second-order valence-electron chi connectivity index (χ2n) is 8.21. The number of benzene rings is 1. The van der Waals surface area contributed by atoms with Crippen LogP contribution in [0.15, 0.2) is 42.6 Å². The maximum Gasteiger partial charge on any atom is 0.190 e. The van der Waals surface area contributed by atoms with Gasteiger partial charge in [0.25, 0.3) is 0 Å². The van der Waals surface area contributed by atoms with Crippen molar-refractivity contribution in [3.63, 3.8) is 0 Å². The number of ketones is 1. The van der Waals surface area contributed by atoms with Gasteiger partial charge in [-0.25, -0.2) is 4.98 Å². The lowest BCUT2D eigenvalue weighted by atomic mass is 9.88. The van der Waals surface area contributed by atoms with Crippen molar-refractivity contribution >= 4 is 23.2 Å². The Labute approximate surface area is 169 Å². The van der Waals surface area contributed by atoms with Gasteiger partial charge in [0.05, 0.1) is 11.6 Å². The first-order valence-electron chi connectivity index (χ1n) is 9.33. The third kappa shape index (κ3) is 3.20. The first-order chi connectivity index (χ1) is 13.3. The average Bonchev–Trinajstić information content (AvgIpc) is 3.25. The van der Waals surface area contributed by atoms with Crippen molar-refractivity contribution in [1.82, 2.24) is 14.8 Å². The van der Waals surface area contributed by atoms with E-state index in [1.54, 1.807) is 10.9 Å². The van der Waals surface area contributed by atoms with Gasteiger partial charge in [-0.3, -0.25) is 9.48 Å². The SMILES string of the molecule is Cn1nc(C(C)(C)C)cc1C(=O)C1CNc2nccc(-c3ccc(Cl)cc3)c21. The Morgan fingerprint density at radius 3 is 2.57 bits per heavy atom. The number of Topliss-reactive ketones (excluding diaryl/α,β-unsaturated/α-hetero) is 1. The molecule has 0 amide bonds. The second kappa shape index (κ2) is 6.74. The van der Waals surface area contributed by atoms with Crippen LogP contribution in [0, 0.1) is 0 Å². The van der Waals surface area contributed by atoms with Gasteiger partial charge in [0, 0.05) is 35.8 Å². The molecule has 3 aromatic rings. The van der Waals surface area contributed by atoms with Crippen molar-refractivity contribution in [1.29, 1.82) is 0 Å². The van der Waals surface area contributed by atoms with Gasteiger partial charge >= 0.3 is 0 Å². The highest BCUT2D eigenvalue weighted by molar-refractivity contribution is 6.30. The molecule has 0 aliphatic carbocycles. The highest BCUT2D eigenvalue weighted by Crippen LogP contribution is 2.40. The van der Waals surface area contributed by atoms with Crippen LogP contribution in [0.5, 0.6) is 0 Å². The number of hydrogen-bond acceptors (Lipinski definition) is 4. The average molecular weight is 395 g/mol. The molecule has 5 nitrogen and oxygen atoms in total. The molecular formula is C22H23ClN4O. The van der Waals surface area contributed by atoms with Crippen LogP contribution in [0.25, 0.3) is 11.1 Å². The first kappa shape index (κ1) is 18.7. The molecule has 1 aliphatic rings. The number of pyridine rings is 1. The monoisotopic (exact) mass is 394 g/mol. The number of carbonyl (C=O) groups is 1. The van der Waals surface area contributed by atoms with Crippen molar-refractivity contribution < 1.29 is 4.79 Å². The summed E-state index contributed by atoms with van der Waals surface area (Å²) in [6.45, 7) is 6.82. The minimum atomic E-state index is -0.308. The summed E-state index contributed by atoms with van der Waals surface area (Å²) in [7, 11) is 1.83. The highest BCUT2D eigenvalue weighted by atomic mass is 35.5. The van der Waals surface area contributed by atoms with Crippen LogP contribution in [-0.2, 0) is 12.5 Å². The highest BCUT2D eigenvalue weighted by Gasteiger charge is 2.35. The van der Waals surface area contributed by atoms with Crippen molar-refractivity contribution in [3.8, 4) is 11.1 Å². The predicted molar refractivity (Wildman–Crippen MR) is 112 cm³/mol. The number of carbonyl (C=O) groups excluding carboxylic acids is 1. The molecule has 144 valence electrons. The van der Waals surface area contributed by atoms with E-state index >= 15 is 0 Å². The molecule has 0 radical (unpaired) electrons. The summed E-state index contributed by atoms with van der Waals surface area (Å²) in [4.78, 5) is 17.9. The summed E-state index contributed by atoms with van der Waals surface area (Å²) >= 11 is 6.04. The molecule has 1 aromatic carbocycles. The number of rotatable bonds is 3. The Kier molecular flexibility index (Phi) is 4.50. The first-order valence-corrected chi connectivity index (χ1v) is 9.71. The molecule has 0 spiro atoms. The van der Waals surface area contributed by atoms with E-state index in [-0.39, 0.29) is 17.1 Å². The van der Waals surface area contributed by atoms with Crippen LogP contribution in [0.4, 0.5) is 5.82 Å². The van der Waals surface area contributed by atoms with Gasteiger partial charge in [-0.05, 0) is 35.4 Å². The molecule has 6 heteroatoms. The van der Waals surface area contributed by atoms with Gasteiger partial charge in [-0.1, -0.05) is 44.5 Å². The van der Waals surface area contributed by atoms with Crippen molar-refractivity contribution in [2.24, 2.45) is 7.05 Å². The summed E-state index contributed by atoms with van der Waals surface area (Å²) in [6.07, 6.45) is 1.77. The smallest absolute Gasteiger partial charge is 0.190 e. The van der Waals surface area contributed by atoms with Crippen LogP contribution in [0.1, 0.15) is 48.4 Å². The lowest BCUT2D eigenvalue weighted by Gasteiger charge is -2.14. The standard InChI is InChI=1S/C22H23ClN4O/c1-22(2,3)18-11-17(27(4)26-18)20(28)16-12-25-21-19(16)15(9-10-24-21)13-5-7-14(23)8-6-13/h5-11,16H,12H2,1-4H3,(H,24,25). The molecule has 4 rings (SSSR count). The zero-order valence-corrected chi connectivity index (χ0v) is 17.2. The Balaban J connectivity index is 1.77. The predicted octanol–water partition coefficient (Wildman–Crippen LogP) is 4.83. The number of halogens is 1. The Morgan fingerprint density at radius 1 is 1.21 bits per heavy atom. The van der Waals surface area contributed by atoms with Gasteiger partial charge in [0.2, 0.25) is 0 Å². The quantitative estimate of drug-likeness (QED) is 0.646. The summed E-state index contributed by atoms with van der Waals surface area (Å²) < 4.78 is 1.69. The maximum absolute atomic E-state index is 13.5. The molecule has 2 aromatic heterocycles. The van der Waals surface area contributed by atoms with Crippen molar-refractivity contribution in [2.45, 2.75) is 32.1 Å². The van der Waals surface area contributed by atoms with Crippen molar-refractivity contribution in [2.75, 3.05) is 11.9 Å². The van der Waals surface area contributed by atoms with Gasteiger partial charge < -0.3 is 5.32 Å². The van der Waals surface area contributed by atoms with E-state index in [0.717, 1.165) is 28.2 Å². The Morgan fingerprint density at radius 2 is 1.93 bits per heavy atom. The van der Waals surface area contributed by atoms with E-state index in [4.69, 9.17) is 11.6 Å². The van der Waals surface area contributed by atoms with Gasteiger partial charge in [0.1, 0.15) is 11.5 Å². The maximum atomic E-state index is 13.5. The van der Waals surface area contributed by atoms with E-state index in [1.165, 1.54) is 0 Å². The molecule has 1 aliphatic heterocycles. The number of fused-ring (bicyclic) bond motifs is 1. The molecule has 3 heterocycles. The largest absolute Gasteiger partial charge is 0.369 e. The number of aryl methyl sites for hydroxylation is 1. The number of nitrogens with one attached hydrogen (secondary N) is 1. The number of aromatic nitrogens is 3. The summed E-state index contributed by atoms with van der Waals surface area (Å²) in [5.41, 5.74) is 4.38. The molecule has 0 saturated carbocycles. The van der Waals surface area contributed by atoms with E-state index in [1.807, 2.05) is 43.4 Å². The lowest BCUT2D eigenvalue weighted by Crippen LogP contribution is -2.18. The zero-order valence-electron chi connectivity index (χ0n) is 16.5. The molecule has 0 fully saturated rings. The third-order valence-electron chi connectivity index (χ3n) is 5.18. The van der Waals surface area contributed by atoms with Crippen LogP contribution < -0.4 is 5.32 Å². The molecule has 28 heavy (non-hydrogen) atoms. The van der Waals surface area contributed by atoms with Crippen LogP contribution in [0.3, 0.4) is 0 Å². The number of nitrogens with zero attached hydrogens (tertiary/aromatic N) is 3. The van der Waals surface area contributed by atoms with Gasteiger partial charge in [-0.15, -0.1) is 0 Å². The number of anilines is 1. The molecule has 1 N–H and O–H groups in total. The topological polar surface area (TPSA) is 59.8 Å². The fraction of sp³-hybridized carbons (Fsp3) is 0.318. The minimum Gasteiger partial charge on any atom is -0.369 e. The third-order valence-corrected chi connectivity index (χ3v) is 5.44. The summed E-state index contributed by atoms with van der Waals surface area (Å²) in [6, 6.07) is 11.5. The van der Waals surface area contributed by atoms with Gasteiger partial charge in [0.15, 0.2) is 5.78 Å². The second-order valence-corrected chi connectivity index (χ2v) is 8.65. The molecule has 1 unspecified atom stereocenters. The lowest BCUT2D eigenvalue weighted by molar-refractivity contribution is 0.0957. The number of hydrogen-bond donors (Lipinski definition) is 1. The minimum absolute atomic E-state index is 0.0555. The normalized spacial score (nSPS) is 16.0. The van der Waals surface area contributed by atoms with Gasteiger partial charge in [-0.2, -0.15) is 5.10 Å². The van der Waals surface area contributed by atoms with E-state index in [0.29, 0.717) is 17.3 Å². The van der Waals surface area contributed by atoms with E-state index in [2.05, 4.69) is 36.2 Å². The van der Waals surface area contributed by atoms with Crippen LogP contribution in [-0.4, -0.2) is 27.1 Å². The molecule has 1 atom stereocenters. The summed E-state index contributed by atoms with van der Waals surface area (Å²) in [5.74, 6) is 0.515. The summed E-state index contributed by atoms with van der Waals surface area (Å²) in [5, 5.41) is 8.54. The fourth-order valence-corrected chi connectivity index (χ4v) is 3.74.